The molecule has 0 amide bonds. The number of aliphatic hydroxyl groups is 1. The molecule has 1 heteroatoms. The lowest BCUT2D eigenvalue weighted by Gasteiger charge is -2.10. The summed E-state index contributed by atoms with van der Waals surface area (Å²) in [6, 6.07) is 17.2. The highest BCUT2D eigenvalue weighted by Crippen LogP contribution is 2.46. The molecule has 2 aromatic carbocycles. The van der Waals surface area contributed by atoms with Crippen molar-refractivity contribution in [1.82, 2.24) is 0 Å². The van der Waals surface area contributed by atoms with Gasteiger partial charge in [-0.25, -0.2) is 0 Å². The largest absolute Gasteiger partial charge is 0.392 e. The minimum absolute atomic E-state index is 0.121. The molecule has 1 nitrogen and oxygen atoms in total. The minimum atomic E-state index is 0.121. The molecule has 0 saturated carbocycles. The maximum Gasteiger partial charge on any atom is 0.0612 e. The first-order valence-electron chi connectivity index (χ1n) is 6.36. The monoisotopic (exact) mass is 236 g/mol. The van der Waals surface area contributed by atoms with Crippen LogP contribution in [-0.4, -0.2) is 11.7 Å². The number of benzene rings is 2. The second-order valence-corrected chi connectivity index (χ2v) is 4.62. The first-order chi connectivity index (χ1) is 8.92. The number of hydrogen-bond donors (Lipinski definition) is 1. The van der Waals surface area contributed by atoms with Crippen molar-refractivity contribution in [2.24, 2.45) is 0 Å². The highest BCUT2D eigenvalue weighted by atomic mass is 16.2. The molecule has 1 aliphatic carbocycles. The van der Waals surface area contributed by atoms with E-state index in [2.05, 4.69) is 54.6 Å². The molecule has 1 N–H and O–H groups in total. The summed E-state index contributed by atoms with van der Waals surface area (Å²) in [6.45, 7) is 0.121. The van der Waals surface area contributed by atoms with Crippen molar-refractivity contribution in [1.29, 1.82) is 0 Å². The molecular weight excluding hydrogens is 220 g/mol. The zero-order chi connectivity index (χ0) is 12.4. The van der Waals surface area contributed by atoms with Crippen LogP contribution in [0.25, 0.3) is 11.1 Å². The van der Waals surface area contributed by atoms with Gasteiger partial charge in [-0.05, 0) is 28.7 Å². The van der Waals surface area contributed by atoms with E-state index in [4.69, 9.17) is 5.11 Å². The van der Waals surface area contributed by atoms with Gasteiger partial charge in [0, 0.05) is 5.92 Å². The van der Waals surface area contributed by atoms with E-state index in [0.717, 1.165) is 6.42 Å². The Morgan fingerprint density at radius 1 is 0.833 bits per heavy atom. The van der Waals surface area contributed by atoms with Crippen molar-refractivity contribution in [2.75, 3.05) is 6.61 Å². The molecule has 1 aliphatic rings. The van der Waals surface area contributed by atoms with Gasteiger partial charge in [0.25, 0.3) is 0 Å². The smallest absolute Gasteiger partial charge is 0.0612 e. The van der Waals surface area contributed by atoms with E-state index in [-0.39, 0.29) is 6.61 Å². The van der Waals surface area contributed by atoms with E-state index in [0.29, 0.717) is 5.92 Å². The van der Waals surface area contributed by atoms with Crippen molar-refractivity contribution in [3.05, 3.63) is 71.8 Å². The maximum atomic E-state index is 8.84. The molecule has 0 fully saturated rings. The molecule has 90 valence electrons. The SMILES string of the molecule is OCC=CCC1c2ccccc2-c2ccccc21. The van der Waals surface area contributed by atoms with Crippen molar-refractivity contribution >= 4 is 0 Å². The quantitative estimate of drug-likeness (QED) is 0.805. The number of fused-ring (bicyclic) bond motifs is 3. The lowest BCUT2D eigenvalue weighted by molar-refractivity contribution is 0.342. The number of rotatable bonds is 3. The summed E-state index contributed by atoms with van der Waals surface area (Å²) >= 11 is 0. The van der Waals surface area contributed by atoms with Crippen molar-refractivity contribution in [3.63, 3.8) is 0 Å². The Morgan fingerprint density at radius 2 is 1.39 bits per heavy atom. The van der Waals surface area contributed by atoms with Gasteiger partial charge in [-0.3, -0.25) is 0 Å². The summed E-state index contributed by atoms with van der Waals surface area (Å²) in [5.41, 5.74) is 5.52. The molecule has 3 rings (SSSR count). The fourth-order valence-electron chi connectivity index (χ4n) is 2.82. The van der Waals surface area contributed by atoms with Crippen LogP contribution in [0.1, 0.15) is 23.5 Å². The van der Waals surface area contributed by atoms with Gasteiger partial charge < -0.3 is 5.11 Å². The van der Waals surface area contributed by atoms with Gasteiger partial charge in [-0.1, -0.05) is 60.7 Å². The van der Waals surface area contributed by atoms with Gasteiger partial charge in [0.15, 0.2) is 0 Å². The predicted molar refractivity (Wildman–Crippen MR) is 74.6 cm³/mol. The molecule has 0 aliphatic heterocycles. The number of hydrogen-bond acceptors (Lipinski definition) is 1. The first kappa shape index (κ1) is 11.2. The molecule has 0 radical (unpaired) electrons. The van der Waals surface area contributed by atoms with Gasteiger partial charge in [0.2, 0.25) is 0 Å². The normalized spacial score (nSPS) is 13.8. The molecular formula is C17H16O. The van der Waals surface area contributed by atoms with Crippen LogP contribution in [0.5, 0.6) is 0 Å². The van der Waals surface area contributed by atoms with Crippen LogP contribution in [0.4, 0.5) is 0 Å². The van der Waals surface area contributed by atoms with E-state index in [1.807, 2.05) is 6.08 Å². The van der Waals surface area contributed by atoms with Gasteiger partial charge in [0.1, 0.15) is 0 Å². The summed E-state index contributed by atoms with van der Waals surface area (Å²) < 4.78 is 0. The second-order valence-electron chi connectivity index (χ2n) is 4.62. The lowest BCUT2D eigenvalue weighted by atomic mass is 9.93. The van der Waals surface area contributed by atoms with Gasteiger partial charge in [-0.2, -0.15) is 0 Å². The Kier molecular flexibility index (Phi) is 2.99. The summed E-state index contributed by atoms with van der Waals surface area (Å²) in [6.07, 6.45) is 4.85. The Bertz CT molecular complexity index is 538. The second kappa shape index (κ2) is 4.79. The molecule has 0 saturated heterocycles. The highest BCUT2D eigenvalue weighted by Gasteiger charge is 2.26. The fourth-order valence-corrected chi connectivity index (χ4v) is 2.82. The van der Waals surface area contributed by atoms with Crippen LogP contribution >= 0.6 is 0 Å². The minimum Gasteiger partial charge on any atom is -0.392 e. The molecule has 0 spiro atoms. The Labute approximate surface area is 107 Å². The third-order valence-electron chi connectivity index (χ3n) is 3.61. The number of allylic oxidation sites excluding steroid dienone is 1. The molecule has 18 heavy (non-hydrogen) atoms. The van der Waals surface area contributed by atoms with Crippen LogP contribution in [0.3, 0.4) is 0 Å². The zero-order valence-corrected chi connectivity index (χ0v) is 10.2. The molecule has 0 aromatic heterocycles. The third kappa shape index (κ3) is 1.77. The first-order valence-corrected chi connectivity index (χ1v) is 6.36. The van der Waals surface area contributed by atoms with Crippen LogP contribution in [0, 0.1) is 0 Å². The fraction of sp³-hybridized carbons (Fsp3) is 0.176. The maximum absolute atomic E-state index is 8.84. The highest BCUT2D eigenvalue weighted by molar-refractivity contribution is 5.78. The van der Waals surface area contributed by atoms with Crippen LogP contribution in [-0.2, 0) is 0 Å². The van der Waals surface area contributed by atoms with Crippen molar-refractivity contribution in [3.8, 4) is 11.1 Å². The average Bonchev–Trinajstić information content (AvgIpc) is 2.74. The van der Waals surface area contributed by atoms with E-state index in [1.54, 1.807) is 0 Å². The van der Waals surface area contributed by atoms with E-state index >= 15 is 0 Å². The Hall–Kier alpha value is -1.86. The third-order valence-corrected chi connectivity index (χ3v) is 3.61. The average molecular weight is 236 g/mol. The summed E-state index contributed by atoms with van der Waals surface area (Å²) in [5, 5.41) is 8.84. The van der Waals surface area contributed by atoms with Crippen LogP contribution in [0.2, 0.25) is 0 Å². The molecule has 2 aromatic rings. The van der Waals surface area contributed by atoms with Crippen molar-refractivity contribution < 1.29 is 5.11 Å². The van der Waals surface area contributed by atoms with Crippen molar-refractivity contribution in [2.45, 2.75) is 12.3 Å². The lowest BCUT2D eigenvalue weighted by Crippen LogP contribution is -1.94. The van der Waals surface area contributed by atoms with Gasteiger partial charge in [0.05, 0.1) is 6.61 Å². The molecule has 0 atom stereocenters. The molecule has 0 bridgehead atoms. The topological polar surface area (TPSA) is 20.2 Å². The Balaban J connectivity index is 2.06. The Morgan fingerprint density at radius 3 is 1.94 bits per heavy atom. The summed E-state index contributed by atoms with van der Waals surface area (Å²) in [4.78, 5) is 0. The standard InChI is InChI=1S/C17H16O/c18-12-6-5-11-17-15-9-3-1-7-13(15)14-8-2-4-10-16(14)17/h1-10,17-18H,11-12H2. The van der Waals surface area contributed by atoms with Gasteiger partial charge in [-0.15, -0.1) is 0 Å². The number of aliphatic hydroxyl groups excluding tert-OH is 1. The van der Waals surface area contributed by atoms with E-state index < -0.39 is 0 Å². The van der Waals surface area contributed by atoms with E-state index in [1.165, 1.54) is 22.3 Å². The zero-order valence-electron chi connectivity index (χ0n) is 10.2. The van der Waals surface area contributed by atoms with Crippen LogP contribution < -0.4 is 0 Å². The molecule has 0 heterocycles. The summed E-state index contributed by atoms with van der Waals surface area (Å²) in [5.74, 6) is 0.431. The summed E-state index contributed by atoms with van der Waals surface area (Å²) in [7, 11) is 0. The molecule has 0 unspecified atom stereocenters. The van der Waals surface area contributed by atoms with E-state index in [9.17, 15) is 0 Å². The van der Waals surface area contributed by atoms with Crippen LogP contribution in [0.15, 0.2) is 60.7 Å². The predicted octanol–water partition coefficient (Wildman–Crippen LogP) is 3.74. The van der Waals surface area contributed by atoms with Gasteiger partial charge >= 0.3 is 0 Å².